The van der Waals surface area contributed by atoms with Crippen LogP contribution in [0.3, 0.4) is 0 Å². The second-order valence-electron chi connectivity index (χ2n) is 7.12. The Morgan fingerprint density at radius 1 is 0.941 bits per heavy atom. The van der Waals surface area contributed by atoms with Gasteiger partial charge in [0.2, 0.25) is 10.0 Å². The molecule has 0 spiro atoms. The quantitative estimate of drug-likeness (QED) is 0.595. The molecule has 0 atom stereocenters. The SMILES string of the molecule is COc1ccc(S(=O)(=O)N2CCN(Cc3ccccc3C(F)(F)F)CC2)cc1.O=C(O)C(=O)O. The van der Waals surface area contributed by atoms with Crippen LogP contribution in [0.5, 0.6) is 5.75 Å². The summed E-state index contributed by atoms with van der Waals surface area (Å²) in [5.74, 6) is -3.09. The second kappa shape index (κ2) is 11.3. The number of aliphatic carboxylic acids is 2. The minimum Gasteiger partial charge on any atom is -0.497 e. The van der Waals surface area contributed by atoms with Crippen molar-refractivity contribution < 1.29 is 46.1 Å². The van der Waals surface area contributed by atoms with Crippen molar-refractivity contribution in [1.82, 2.24) is 9.21 Å². The maximum atomic E-state index is 13.1. The van der Waals surface area contributed by atoms with Crippen molar-refractivity contribution in [2.75, 3.05) is 33.3 Å². The number of methoxy groups -OCH3 is 1. The highest BCUT2D eigenvalue weighted by Crippen LogP contribution is 2.32. The van der Waals surface area contributed by atoms with Crippen LogP contribution in [-0.4, -0.2) is 73.1 Å². The van der Waals surface area contributed by atoms with Crippen molar-refractivity contribution in [2.45, 2.75) is 17.6 Å². The number of rotatable bonds is 5. The molecule has 0 unspecified atom stereocenters. The third kappa shape index (κ3) is 7.17. The Hall–Kier alpha value is -3.16. The van der Waals surface area contributed by atoms with Crippen LogP contribution in [0.25, 0.3) is 0 Å². The topological polar surface area (TPSA) is 124 Å². The summed E-state index contributed by atoms with van der Waals surface area (Å²) in [5.41, 5.74) is -0.454. The fraction of sp³-hybridized carbons (Fsp3) is 0.333. The first-order valence-electron chi connectivity index (χ1n) is 9.84. The van der Waals surface area contributed by atoms with Gasteiger partial charge in [-0.3, -0.25) is 4.90 Å². The standard InChI is InChI=1S/C19H21F3N2O3S.C2H2O4/c1-27-16-6-8-17(9-7-16)28(25,26)24-12-10-23(11-13-24)14-15-4-2-3-5-18(15)19(20,21)22;3-1(4)2(5)6/h2-9H,10-14H2,1H3;(H,3,4)(H,5,6). The number of hydrogen-bond donors (Lipinski definition) is 2. The molecule has 0 radical (unpaired) electrons. The average molecular weight is 504 g/mol. The van der Waals surface area contributed by atoms with Crippen LogP contribution >= 0.6 is 0 Å². The Morgan fingerprint density at radius 3 is 1.94 bits per heavy atom. The van der Waals surface area contributed by atoms with Crippen LogP contribution in [0, 0.1) is 0 Å². The van der Waals surface area contributed by atoms with E-state index in [1.54, 1.807) is 18.2 Å². The van der Waals surface area contributed by atoms with Gasteiger partial charge in [-0.25, -0.2) is 18.0 Å². The largest absolute Gasteiger partial charge is 0.497 e. The highest BCUT2D eigenvalue weighted by Gasteiger charge is 2.34. The van der Waals surface area contributed by atoms with Crippen LogP contribution in [-0.2, 0) is 32.3 Å². The van der Waals surface area contributed by atoms with Gasteiger partial charge in [0.25, 0.3) is 0 Å². The van der Waals surface area contributed by atoms with Gasteiger partial charge in [-0.2, -0.15) is 17.5 Å². The van der Waals surface area contributed by atoms with Crippen LogP contribution in [0.15, 0.2) is 53.4 Å². The molecule has 1 saturated heterocycles. The number of nitrogens with zero attached hydrogens (tertiary/aromatic N) is 2. The first kappa shape index (κ1) is 27.1. The zero-order valence-electron chi connectivity index (χ0n) is 18.0. The minimum absolute atomic E-state index is 0.131. The molecule has 0 bridgehead atoms. The third-order valence-electron chi connectivity index (χ3n) is 4.93. The van der Waals surface area contributed by atoms with E-state index in [-0.39, 0.29) is 30.1 Å². The van der Waals surface area contributed by atoms with E-state index >= 15 is 0 Å². The molecule has 1 fully saturated rings. The van der Waals surface area contributed by atoms with E-state index in [4.69, 9.17) is 24.5 Å². The highest BCUT2D eigenvalue weighted by atomic mass is 32.2. The number of carbonyl (C=O) groups is 2. The molecule has 9 nitrogen and oxygen atoms in total. The lowest BCUT2D eigenvalue weighted by Gasteiger charge is -2.34. The molecule has 1 aliphatic heterocycles. The Morgan fingerprint density at radius 2 is 1.47 bits per heavy atom. The number of benzene rings is 2. The van der Waals surface area contributed by atoms with Gasteiger partial charge in [0.05, 0.1) is 17.6 Å². The molecule has 13 heteroatoms. The zero-order valence-corrected chi connectivity index (χ0v) is 18.8. The molecule has 3 rings (SSSR count). The average Bonchev–Trinajstić information content (AvgIpc) is 2.79. The Bertz CT molecular complexity index is 1090. The lowest BCUT2D eigenvalue weighted by Crippen LogP contribution is -2.48. The van der Waals surface area contributed by atoms with Crippen molar-refractivity contribution in [3.63, 3.8) is 0 Å². The summed E-state index contributed by atoms with van der Waals surface area (Å²) >= 11 is 0. The number of ether oxygens (including phenoxy) is 1. The summed E-state index contributed by atoms with van der Waals surface area (Å²) in [6.45, 7) is 1.31. The van der Waals surface area contributed by atoms with Crippen LogP contribution < -0.4 is 4.74 Å². The summed E-state index contributed by atoms with van der Waals surface area (Å²) in [6, 6.07) is 11.6. The molecule has 2 aromatic carbocycles. The molecular formula is C21H23F3N2O7S. The molecule has 0 aromatic heterocycles. The number of sulfonamides is 1. The monoisotopic (exact) mass is 504 g/mol. The molecule has 34 heavy (non-hydrogen) atoms. The minimum atomic E-state index is -4.41. The first-order chi connectivity index (χ1) is 15.9. The van der Waals surface area contributed by atoms with Crippen LogP contribution in [0.2, 0.25) is 0 Å². The van der Waals surface area contributed by atoms with Gasteiger partial charge in [-0.1, -0.05) is 18.2 Å². The van der Waals surface area contributed by atoms with Crippen molar-refractivity contribution in [3.8, 4) is 5.75 Å². The summed E-state index contributed by atoms with van der Waals surface area (Å²) in [6.07, 6.45) is -4.41. The maximum Gasteiger partial charge on any atom is 0.416 e. The molecule has 1 aliphatic rings. The number of piperazine rings is 1. The molecule has 0 saturated carbocycles. The molecule has 186 valence electrons. The van der Waals surface area contributed by atoms with Gasteiger partial charge in [0.15, 0.2) is 0 Å². The van der Waals surface area contributed by atoms with Crippen LogP contribution in [0.4, 0.5) is 13.2 Å². The van der Waals surface area contributed by atoms with E-state index in [1.165, 1.54) is 35.7 Å². The van der Waals surface area contributed by atoms with Crippen LogP contribution in [0.1, 0.15) is 11.1 Å². The highest BCUT2D eigenvalue weighted by molar-refractivity contribution is 7.89. The normalized spacial score (nSPS) is 15.2. The second-order valence-corrected chi connectivity index (χ2v) is 9.06. The predicted molar refractivity (Wildman–Crippen MR) is 114 cm³/mol. The number of halogens is 3. The van der Waals surface area contributed by atoms with Gasteiger partial charge in [-0.15, -0.1) is 0 Å². The maximum absolute atomic E-state index is 13.1. The molecule has 2 N–H and O–H groups in total. The molecule has 0 amide bonds. The summed E-state index contributed by atoms with van der Waals surface area (Å²) in [5, 5.41) is 14.8. The third-order valence-corrected chi connectivity index (χ3v) is 6.84. The molecular weight excluding hydrogens is 481 g/mol. The Kier molecular flexibility index (Phi) is 9.01. The van der Waals surface area contributed by atoms with Crippen molar-refractivity contribution in [2.24, 2.45) is 0 Å². The molecule has 1 heterocycles. The number of alkyl halides is 3. The smallest absolute Gasteiger partial charge is 0.416 e. The van der Waals surface area contributed by atoms with Gasteiger partial charge in [-0.05, 0) is 35.9 Å². The van der Waals surface area contributed by atoms with E-state index < -0.39 is 33.7 Å². The molecule has 0 aliphatic carbocycles. The van der Waals surface area contributed by atoms with E-state index in [1.807, 2.05) is 4.90 Å². The molecule has 2 aromatic rings. The lowest BCUT2D eigenvalue weighted by molar-refractivity contribution is -0.159. The van der Waals surface area contributed by atoms with Crippen molar-refractivity contribution in [1.29, 1.82) is 0 Å². The lowest BCUT2D eigenvalue weighted by atomic mass is 10.1. The number of carboxylic acid groups (broad SMARTS) is 2. The Labute approximate surface area is 194 Å². The zero-order chi connectivity index (χ0) is 25.5. The van der Waals surface area contributed by atoms with Gasteiger partial charge in [0, 0.05) is 32.7 Å². The number of carboxylic acids is 2. The van der Waals surface area contributed by atoms with Gasteiger partial charge in [0.1, 0.15) is 5.75 Å². The summed E-state index contributed by atoms with van der Waals surface area (Å²) in [7, 11) is -2.14. The summed E-state index contributed by atoms with van der Waals surface area (Å²) in [4.78, 5) is 20.2. The fourth-order valence-corrected chi connectivity index (χ4v) is 4.62. The predicted octanol–water partition coefficient (Wildman–Crippen LogP) is 2.38. The van der Waals surface area contributed by atoms with Crippen molar-refractivity contribution in [3.05, 3.63) is 59.7 Å². The fourth-order valence-electron chi connectivity index (χ4n) is 3.20. The van der Waals surface area contributed by atoms with Crippen molar-refractivity contribution >= 4 is 22.0 Å². The van der Waals surface area contributed by atoms with E-state index in [0.29, 0.717) is 18.8 Å². The van der Waals surface area contributed by atoms with E-state index in [9.17, 15) is 21.6 Å². The summed E-state index contributed by atoms with van der Waals surface area (Å²) < 4.78 is 71.4. The Balaban J connectivity index is 0.000000604. The van der Waals surface area contributed by atoms with E-state index in [2.05, 4.69) is 0 Å². The van der Waals surface area contributed by atoms with Gasteiger partial charge >= 0.3 is 18.1 Å². The van der Waals surface area contributed by atoms with E-state index in [0.717, 1.165) is 6.07 Å². The van der Waals surface area contributed by atoms with Gasteiger partial charge < -0.3 is 14.9 Å². The number of hydrogen-bond acceptors (Lipinski definition) is 6. The first-order valence-corrected chi connectivity index (χ1v) is 11.3.